The van der Waals surface area contributed by atoms with Gasteiger partial charge in [-0.2, -0.15) is 4.31 Å². The number of piperidine rings is 1. The third-order valence-corrected chi connectivity index (χ3v) is 8.47. The van der Waals surface area contributed by atoms with Gasteiger partial charge in [0, 0.05) is 24.5 Å². The smallest absolute Gasteiger partial charge is 0.243 e. The third kappa shape index (κ3) is 4.97. The molecular formula is C22H24FN3O4S2. The summed E-state index contributed by atoms with van der Waals surface area (Å²) in [6, 6.07) is 10.5. The van der Waals surface area contributed by atoms with E-state index in [9.17, 15) is 22.4 Å². The summed E-state index contributed by atoms with van der Waals surface area (Å²) in [6.45, 7) is 0.956. The number of anilines is 1. The Morgan fingerprint density at radius 1 is 1.06 bits per heavy atom. The van der Waals surface area contributed by atoms with Gasteiger partial charge in [-0.3, -0.25) is 9.59 Å². The number of amides is 2. The molecule has 10 heteroatoms. The van der Waals surface area contributed by atoms with Gasteiger partial charge in [0.05, 0.1) is 16.3 Å². The Labute approximate surface area is 191 Å². The Balaban J connectivity index is 1.51. The summed E-state index contributed by atoms with van der Waals surface area (Å²) >= 11 is 1.33. The number of nitrogens with one attached hydrogen (secondary N) is 1. The average Bonchev–Trinajstić information content (AvgIpc) is 2.81. The number of hydrogen-bond donors (Lipinski definition) is 1. The molecule has 1 fully saturated rings. The second-order valence-corrected chi connectivity index (χ2v) is 10.7. The van der Waals surface area contributed by atoms with Crippen molar-refractivity contribution < 1.29 is 22.4 Å². The van der Waals surface area contributed by atoms with Crippen molar-refractivity contribution in [3.63, 3.8) is 0 Å². The molecule has 0 spiro atoms. The van der Waals surface area contributed by atoms with E-state index in [-0.39, 0.29) is 41.4 Å². The average molecular weight is 478 g/mol. The van der Waals surface area contributed by atoms with Crippen LogP contribution < -0.4 is 10.2 Å². The fraction of sp³-hybridized carbons (Fsp3) is 0.364. The Hall–Kier alpha value is -2.43. The van der Waals surface area contributed by atoms with E-state index < -0.39 is 10.0 Å². The summed E-state index contributed by atoms with van der Waals surface area (Å²) in [4.78, 5) is 27.3. The molecule has 2 aliphatic heterocycles. The fourth-order valence-corrected chi connectivity index (χ4v) is 6.23. The summed E-state index contributed by atoms with van der Waals surface area (Å²) < 4.78 is 40.7. The van der Waals surface area contributed by atoms with E-state index in [2.05, 4.69) is 5.32 Å². The van der Waals surface area contributed by atoms with E-state index in [1.807, 2.05) is 0 Å². The highest BCUT2D eigenvalue weighted by molar-refractivity contribution is 8.00. The first-order valence-corrected chi connectivity index (χ1v) is 12.9. The summed E-state index contributed by atoms with van der Waals surface area (Å²) in [5.41, 5.74) is 1.16. The maximum absolute atomic E-state index is 13.1. The normalized spacial score (nSPS) is 17.2. The van der Waals surface area contributed by atoms with Crippen molar-refractivity contribution in [2.24, 2.45) is 0 Å². The minimum Gasteiger partial charge on any atom is -0.350 e. The summed E-state index contributed by atoms with van der Waals surface area (Å²) in [6.07, 6.45) is 2.68. The van der Waals surface area contributed by atoms with E-state index in [4.69, 9.17) is 0 Å². The van der Waals surface area contributed by atoms with Gasteiger partial charge in [0.25, 0.3) is 0 Å². The molecule has 7 nitrogen and oxygen atoms in total. The lowest BCUT2D eigenvalue weighted by Gasteiger charge is -2.30. The first-order valence-electron chi connectivity index (χ1n) is 10.4. The zero-order chi connectivity index (χ0) is 22.7. The lowest BCUT2D eigenvalue weighted by Crippen LogP contribution is -2.43. The van der Waals surface area contributed by atoms with Crippen molar-refractivity contribution >= 4 is 39.3 Å². The van der Waals surface area contributed by atoms with Crippen LogP contribution in [0.25, 0.3) is 0 Å². The summed E-state index contributed by atoms with van der Waals surface area (Å²) in [7, 11) is -3.66. The zero-order valence-corrected chi connectivity index (χ0v) is 19.1. The van der Waals surface area contributed by atoms with Gasteiger partial charge >= 0.3 is 0 Å². The first-order chi connectivity index (χ1) is 15.3. The number of fused-ring (bicyclic) bond motifs is 1. The lowest BCUT2D eigenvalue weighted by molar-refractivity contribution is -0.123. The van der Waals surface area contributed by atoms with Crippen molar-refractivity contribution in [2.75, 3.05) is 30.3 Å². The topological polar surface area (TPSA) is 86.8 Å². The largest absolute Gasteiger partial charge is 0.350 e. The fourth-order valence-electron chi connectivity index (χ4n) is 3.77. The number of sulfonamides is 1. The molecule has 0 aromatic heterocycles. The lowest BCUT2D eigenvalue weighted by atomic mass is 10.2. The first kappa shape index (κ1) is 22.8. The molecule has 2 aromatic rings. The van der Waals surface area contributed by atoms with Gasteiger partial charge in [0.2, 0.25) is 21.8 Å². The molecule has 170 valence electrons. The second-order valence-electron chi connectivity index (χ2n) is 7.77. The Kier molecular flexibility index (Phi) is 6.82. The van der Waals surface area contributed by atoms with Gasteiger partial charge in [0.1, 0.15) is 12.4 Å². The number of carbonyl (C=O) groups excluding carboxylic acids is 2. The minimum absolute atomic E-state index is 0.130. The van der Waals surface area contributed by atoms with Crippen LogP contribution in [0.3, 0.4) is 0 Å². The number of thioether (sulfide) groups is 1. The van der Waals surface area contributed by atoms with Crippen LogP contribution in [0.5, 0.6) is 0 Å². The van der Waals surface area contributed by atoms with E-state index >= 15 is 0 Å². The van der Waals surface area contributed by atoms with Crippen LogP contribution in [0.4, 0.5) is 10.1 Å². The molecule has 2 aromatic carbocycles. The van der Waals surface area contributed by atoms with Gasteiger partial charge in [-0.25, -0.2) is 12.8 Å². The molecule has 1 N–H and O–H groups in total. The SMILES string of the molecule is O=C(CN1C(=O)CSc2ccc(S(=O)(=O)N3CCCCC3)cc21)NCc1ccc(F)cc1. The van der Waals surface area contributed by atoms with Crippen molar-refractivity contribution in [1.29, 1.82) is 0 Å². The van der Waals surface area contributed by atoms with Crippen LogP contribution in [-0.2, 0) is 26.2 Å². The standard InChI is InChI=1S/C22H24FN3O4S2/c23-17-6-4-16(5-7-17)13-24-21(27)14-26-19-12-18(8-9-20(19)31-15-22(26)28)32(29,30)25-10-2-1-3-11-25/h4-9,12H,1-3,10-11,13-15H2,(H,24,27). The Morgan fingerprint density at radius 3 is 2.50 bits per heavy atom. The molecule has 4 rings (SSSR count). The number of carbonyl (C=O) groups is 2. The van der Waals surface area contributed by atoms with Crippen LogP contribution >= 0.6 is 11.8 Å². The van der Waals surface area contributed by atoms with E-state index in [0.717, 1.165) is 29.7 Å². The van der Waals surface area contributed by atoms with Crippen LogP contribution in [0.1, 0.15) is 24.8 Å². The third-order valence-electron chi connectivity index (χ3n) is 5.53. The molecule has 0 radical (unpaired) electrons. The van der Waals surface area contributed by atoms with Crippen molar-refractivity contribution in [3.05, 3.63) is 53.8 Å². The maximum atomic E-state index is 13.1. The second kappa shape index (κ2) is 9.60. The van der Waals surface area contributed by atoms with Crippen LogP contribution in [0.15, 0.2) is 52.3 Å². The quantitative estimate of drug-likeness (QED) is 0.692. The van der Waals surface area contributed by atoms with Gasteiger partial charge in [0.15, 0.2) is 0 Å². The van der Waals surface area contributed by atoms with Gasteiger partial charge in [-0.15, -0.1) is 11.8 Å². The van der Waals surface area contributed by atoms with E-state index in [1.165, 1.54) is 39.2 Å². The number of halogens is 1. The van der Waals surface area contributed by atoms with Crippen molar-refractivity contribution in [2.45, 2.75) is 35.6 Å². The zero-order valence-electron chi connectivity index (χ0n) is 17.4. The van der Waals surface area contributed by atoms with Gasteiger partial charge in [-0.05, 0) is 48.7 Å². The monoisotopic (exact) mass is 477 g/mol. The van der Waals surface area contributed by atoms with Crippen molar-refractivity contribution in [1.82, 2.24) is 9.62 Å². The number of hydrogen-bond acceptors (Lipinski definition) is 5. The molecule has 2 heterocycles. The number of benzene rings is 2. The molecule has 1 saturated heterocycles. The van der Waals surface area contributed by atoms with Crippen molar-refractivity contribution in [3.8, 4) is 0 Å². The predicted octanol–water partition coefficient (Wildman–Crippen LogP) is 2.76. The molecule has 0 atom stereocenters. The highest BCUT2D eigenvalue weighted by atomic mass is 32.2. The minimum atomic E-state index is -3.66. The summed E-state index contributed by atoms with van der Waals surface area (Å²) in [5, 5.41) is 2.73. The molecular weight excluding hydrogens is 453 g/mol. The molecule has 2 amide bonds. The molecule has 0 aliphatic carbocycles. The highest BCUT2D eigenvalue weighted by Crippen LogP contribution is 2.37. The molecule has 0 unspecified atom stereocenters. The van der Waals surface area contributed by atoms with E-state index in [0.29, 0.717) is 18.8 Å². The van der Waals surface area contributed by atoms with Crippen LogP contribution in [-0.4, -0.2) is 49.9 Å². The predicted molar refractivity (Wildman–Crippen MR) is 120 cm³/mol. The van der Waals surface area contributed by atoms with Gasteiger partial charge < -0.3 is 10.2 Å². The Bertz CT molecular complexity index is 1120. The summed E-state index contributed by atoms with van der Waals surface area (Å²) in [5.74, 6) is -0.823. The molecule has 0 saturated carbocycles. The number of rotatable bonds is 6. The maximum Gasteiger partial charge on any atom is 0.243 e. The molecule has 32 heavy (non-hydrogen) atoms. The highest BCUT2D eigenvalue weighted by Gasteiger charge is 2.31. The van der Waals surface area contributed by atoms with Gasteiger partial charge in [-0.1, -0.05) is 18.6 Å². The van der Waals surface area contributed by atoms with Crippen LogP contribution in [0, 0.1) is 5.82 Å². The van der Waals surface area contributed by atoms with Crippen LogP contribution in [0.2, 0.25) is 0 Å². The number of nitrogens with zero attached hydrogens (tertiary/aromatic N) is 2. The Morgan fingerprint density at radius 2 is 1.78 bits per heavy atom. The van der Waals surface area contributed by atoms with E-state index in [1.54, 1.807) is 24.3 Å². The molecule has 0 bridgehead atoms. The molecule has 2 aliphatic rings.